The number of carbonyl (C=O) groups excluding carboxylic acids is 2. The lowest BCUT2D eigenvalue weighted by Gasteiger charge is -2.28. The number of pyridine rings is 1. The second-order valence-electron chi connectivity index (χ2n) is 7.03. The molecule has 2 aromatic rings. The van der Waals surface area contributed by atoms with Crippen molar-refractivity contribution < 1.29 is 19.4 Å². The van der Waals surface area contributed by atoms with Crippen molar-refractivity contribution in [1.82, 2.24) is 14.8 Å². The fourth-order valence-electron chi connectivity index (χ4n) is 3.72. The number of likely N-dealkylation sites (N-methyl/N-ethyl adjacent to an activating group) is 1. The summed E-state index contributed by atoms with van der Waals surface area (Å²) in [6.45, 7) is 6.84. The van der Waals surface area contributed by atoms with Crippen LogP contribution in [0.4, 0.5) is 0 Å². The van der Waals surface area contributed by atoms with E-state index in [9.17, 15) is 14.7 Å². The van der Waals surface area contributed by atoms with Gasteiger partial charge in [0.25, 0.3) is 11.7 Å². The number of hydrogen-bond donors (Lipinski definition) is 1. The summed E-state index contributed by atoms with van der Waals surface area (Å²) >= 11 is 0. The molecule has 0 radical (unpaired) electrons. The number of aromatic nitrogens is 1. The lowest BCUT2D eigenvalue weighted by atomic mass is 9.96. The van der Waals surface area contributed by atoms with E-state index in [-0.39, 0.29) is 11.3 Å². The molecule has 0 spiro atoms. The van der Waals surface area contributed by atoms with Crippen molar-refractivity contribution in [2.24, 2.45) is 0 Å². The quantitative estimate of drug-likeness (QED) is 0.410. The molecule has 1 fully saturated rings. The molecular weight excluding hydrogens is 382 g/mol. The normalized spacial score (nSPS) is 18.3. The number of carbonyl (C=O) groups is 2. The number of amides is 1. The van der Waals surface area contributed by atoms with Crippen LogP contribution in [0, 0.1) is 0 Å². The zero-order valence-corrected chi connectivity index (χ0v) is 17.5. The van der Waals surface area contributed by atoms with Crippen LogP contribution in [0.25, 0.3) is 5.76 Å². The molecule has 1 saturated heterocycles. The van der Waals surface area contributed by atoms with Gasteiger partial charge >= 0.3 is 0 Å². The molecule has 1 atom stereocenters. The van der Waals surface area contributed by atoms with Crippen LogP contribution >= 0.6 is 0 Å². The highest BCUT2D eigenvalue weighted by atomic mass is 16.5. The van der Waals surface area contributed by atoms with Gasteiger partial charge in [-0.2, -0.15) is 0 Å². The number of rotatable bonds is 8. The van der Waals surface area contributed by atoms with Crippen molar-refractivity contribution in [3.8, 4) is 5.75 Å². The van der Waals surface area contributed by atoms with E-state index in [0.29, 0.717) is 24.4 Å². The zero-order chi connectivity index (χ0) is 21.7. The Bertz CT molecular complexity index is 938. The average molecular weight is 409 g/mol. The maximum Gasteiger partial charge on any atom is 0.295 e. The van der Waals surface area contributed by atoms with Gasteiger partial charge in [-0.15, -0.1) is 0 Å². The van der Waals surface area contributed by atoms with Crippen molar-refractivity contribution in [3.63, 3.8) is 0 Å². The van der Waals surface area contributed by atoms with E-state index in [2.05, 4.69) is 23.7 Å². The fourth-order valence-corrected chi connectivity index (χ4v) is 3.72. The first-order chi connectivity index (χ1) is 14.5. The van der Waals surface area contributed by atoms with E-state index < -0.39 is 17.7 Å². The molecule has 0 saturated carbocycles. The molecular formula is C23H27N3O4. The molecule has 3 rings (SSSR count). The van der Waals surface area contributed by atoms with Crippen molar-refractivity contribution in [3.05, 3.63) is 65.5 Å². The van der Waals surface area contributed by atoms with E-state index in [0.717, 1.165) is 18.7 Å². The van der Waals surface area contributed by atoms with Gasteiger partial charge in [0.1, 0.15) is 11.5 Å². The standard InChI is InChI=1S/C23H27N3O4/c1-4-25(5-2)13-14-26-20(16-9-11-24-12-10-16)19(22(28)23(26)29)21(27)17-7-6-8-18(15-17)30-3/h6-12,15,20,27H,4-5,13-14H2,1-3H3/b21-19+. The van der Waals surface area contributed by atoms with Gasteiger partial charge in [0.2, 0.25) is 0 Å². The minimum absolute atomic E-state index is 0.0824. The van der Waals surface area contributed by atoms with Crippen LogP contribution in [0.3, 0.4) is 0 Å². The number of aliphatic hydroxyl groups is 1. The minimum Gasteiger partial charge on any atom is -0.507 e. The molecule has 1 aromatic carbocycles. The van der Waals surface area contributed by atoms with Crippen LogP contribution in [0.15, 0.2) is 54.4 Å². The van der Waals surface area contributed by atoms with E-state index >= 15 is 0 Å². The zero-order valence-electron chi connectivity index (χ0n) is 17.5. The first kappa shape index (κ1) is 21.5. The van der Waals surface area contributed by atoms with Gasteiger partial charge in [-0.1, -0.05) is 26.0 Å². The minimum atomic E-state index is -0.684. The molecule has 1 aliphatic rings. The number of likely N-dealkylation sites (tertiary alicyclic amines) is 1. The Labute approximate surface area is 176 Å². The van der Waals surface area contributed by atoms with Crippen LogP contribution < -0.4 is 4.74 Å². The number of hydrogen-bond acceptors (Lipinski definition) is 6. The van der Waals surface area contributed by atoms with Crippen LogP contribution in [-0.4, -0.2) is 64.9 Å². The summed E-state index contributed by atoms with van der Waals surface area (Å²) in [5.74, 6) is -0.945. The largest absolute Gasteiger partial charge is 0.507 e. The van der Waals surface area contributed by atoms with Gasteiger partial charge in [0, 0.05) is 31.0 Å². The van der Waals surface area contributed by atoms with Crippen molar-refractivity contribution >= 4 is 17.4 Å². The average Bonchev–Trinajstić information content (AvgIpc) is 3.04. The van der Waals surface area contributed by atoms with E-state index in [1.807, 2.05) is 0 Å². The Balaban J connectivity index is 2.08. The SMILES string of the molecule is CCN(CC)CCN1C(=O)C(=O)/C(=C(/O)c2cccc(OC)c2)C1c1ccncc1. The highest BCUT2D eigenvalue weighted by molar-refractivity contribution is 6.46. The van der Waals surface area contributed by atoms with Gasteiger partial charge in [-0.05, 0) is 42.9 Å². The topological polar surface area (TPSA) is 83.0 Å². The molecule has 7 nitrogen and oxygen atoms in total. The summed E-state index contributed by atoms with van der Waals surface area (Å²) in [6.07, 6.45) is 3.23. The van der Waals surface area contributed by atoms with Crippen molar-refractivity contribution in [2.75, 3.05) is 33.3 Å². The van der Waals surface area contributed by atoms with E-state index in [1.165, 1.54) is 7.11 Å². The smallest absolute Gasteiger partial charge is 0.295 e. The number of ketones is 1. The predicted octanol–water partition coefficient (Wildman–Crippen LogP) is 2.85. The van der Waals surface area contributed by atoms with Gasteiger partial charge < -0.3 is 19.6 Å². The third-order valence-corrected chi connectivity index (χ3v) is 5.46. The fraction of sp³-hybridized carbons (Fsp3) is 0.348. The highest BCUT2D eigenvalue weighted by Gasteiger charge is 2.45. The van der Waals surface area contributed by atoms with Gasteiger partial charge in [0.15, 0.2) is 0 Å². The second-order valence-corrected chi connectivity index (χ2v) is 7.03. The lowest BCUT2D eigenvalue weighted by molar-refractivity contribution is -0.140. The first-order valence-corrected chi connectivity index (χ1v) is 10.1. The van der Waals surface area contributed by atoms with Gasteiger partial charge in [-0.3, -0.25) is 14.6 Å². The number of Topliss-reactive ketones (excluding diaryl/α,β-unsaturated/α-hetero) is 1. The number of methoxy groups -OCH3 is 1. The maximum absolute atomic E-state index is 13.0. The summed E-state index contributed by atoms with van der Waals surface area (Å²) in [6, 6.07) is 9.66. The molecule has 0 bridgehead atoms. The van der Waals surface area contributed by atoms with Crippen LogP contribution in [0.5, 0.6) is 5.75 Å². The lowest BCUT2D eigenvalue weighted by Crippen LogP contribution is -2.38. The Kier molecular flexibility index (Phi) is 6.84. The van der Waals surface area contributed by atoms with Crippen LogP contribution in [0.1, 0.15) is 31.0 Å². The summed E-state index contributed by atoms with van der Waals surface area (Å²) in [5.41, 5.74) is 1.24. The molecule has 158 valence electrons. The number of benzene rings is 1. The van der Waals surface area contributed by atoms with Gasteiger partial charge in [-0.25, -0.2) is 0 Å². The Hall–Kier alpha value is -3.19. The van der Waals surface area contributed by atoms with E-state index in [1.54, 1.807) is 53.7 Å². The molecule has 2 heterocycles. The Morgan fingerprint density at radius 1 is 1.17 bits per heavy atom. The number of aliphatic hydroxyl groups excluding tert-OH is 1. The third-order valence-electron chi connectivity index (χ3n) is 5.46. The maximum atomic E-state index is 13.0. The molecule has 1 aliphatic heterocycles. The summed E-state index contributed by atoms with van der Waals surface area (Å²) in [4.78, 5) is 33.7. The molecule has 1 aromatic heterocycles. The summed E-state index contributed by atoms with van der Waals surface area (Å²) in [5, 5.41) is 11.0. The number of nitrogens with zero attached hydrogens (tertiary/aromatic N) is 3. The van der Waals surface area contributed by atoms with Gasteiger partial charge in [0.05, 0.1) is 18.7 Å². The second kappa shape index (κ2) is 9.54. The van der Waals surface area contributed by atoms with Crippen molar-refractivity contribution in [1.29, 1.82) is 0 Å². The molecule has 30 heavy (non-hydrogen) atoms. The Morgan fingerprint density at radius 2 is 1.87 bits per heavy atom. The summed E-state index contributed by atoms with van der Waals surface area (Å²) < 4.78 is 5.23. The number of ether oxygens (including phenoxy) is 1. The molecule has 1 amide bonds. The summed E-state index contributed by atoms with van der Waals surface area (Å²) in [7, 11) is 1.53. The predicted molar refractivity (Wildman–Crippen MR) is 114 cm³/mol. The highest BCUT2D eigenvalue weighted by Crippen LogP contribution is 2.39. The molecule has 1 N–H and O–H groups in total. The van der Waals surface area contributed by atoms with Crippen molar-refractivity contribution in [2.45, 2.75) is 19.9 Å². The van der Waals surface area contributed by atoms with Crippen LogP contribution in [0.2, 0.25) is 0 Å². The molecule has 7 heteroatoms. The Morgan fingerprint density at radius 3 is 2.50 bits per heavy atom. The van der Waals surface area contributed by atoms with Crippen LogP contribution in [-0.2, 0) is 9.59 Å². The first-order valence-electron chi connectivity index (χ1n) is 10.1. The third kappa shape index (κ3) is 4.21. The van der Waals surface area contributed by atoms with E-state index in [4.69, 9.17) is 4.74 Å². The molecule has 1 unspecified atom stereocenters. The monoisotopic (exact) mass is 409 g/mol. The molecule has 0 aliphatic carbocycles.